The summed E-state index contributed by atoms with van der Waals surface area (Å²) < 4.78 is 0.494. The summed E-state index contributed by atoms with van der Waals surface area (Å²) >= 11 is 3.12. The average molecular weight is 297 g/mol. The van der Waals surface area contributed by atoms with Crippen molar-refractivity contribution in [3.05, 3.63) is 28.5 Å². The molecule has 1 rings (SSSR count). The van der Waals surface area contributed by atoms with Gasteiger partial charge in [0.2, 0.25) is 0 Å². The maximum absolute atomic E-state index is 11.7. The van der Waals surface area contributed by atoms with Gasteiger partial charge in [0.05, 0.1) is 0 Å². The Hall–Kier alpha value is -1.87. The summed E-state index contributed by atoms with van der Waals surface area (Å²) in [6.07, 6.45) is 6.40. The van der Waals surface area contributed by atoms with Gasteiger partial charge in [-0.05, 0) is 28.1 Å². The highest BCUT2D eigenvalue weighted by molar-refractivity contribution is 9.10. The van der Waals surface area contributed by atoms with E-state index < -0.39 is 17.9 Å². The Morgan fingerprint density at radius 1 is 1.65 bits per heavy atom. The first-order chi connectivity index (χ1) is 8.04. The summed E-state index contributed by atoms with van der Waals surface area (Å²) in [5.74, 6) is 0.534. The van der Waals surface area contributed by atoms with E-state index in [0.29, 0.717) is 10.2 Å². The van der Waals surface area contributed by atoms with Gasteiger partial charge in [-0.25, -0.2) is 9.78 Å². The van der Waals surface area contributed by atoms with Gasteiger partial charge in [-0.1, -0.05) is 0 Å². The van der Waals surface area contributed by atoms with Crippen LogP contribution in [0.5, 0.6) is 0 Å². The number of amides is 1. The number of carboxylic acid groups (broad SMARTS) is 1. The molecule has 0 radical (unpaired) electrons. The first-order valence-electron chi connectivity index (χ1n) is 4.63. The summed E-state index contributed by atoms with van der Waals surface area (Å²) in [5, 5.41) is 11.2. The van der Waals surface area contributed by atoms with Crippen molar-refractivity contribution in [1.82, 2.24) is 10.3 Å². The number of nitrogens with one attached hydrogen (secondary N) is 1. The Morgan fingerprint density at radius 3 is 2.88 bits per heavy atom. The average Bonchev–Trinajstić information content (AvgIpc) is 2.28. The van der Waals surface area contributed by atoms with Crippen molar-refractivity contribution in [3.8, 4) is 12.3 Å². The van der Waals surface area contributed by atoms with Crippen molar-refractivity contribution in [2.75, 3.05) is 0 Å². The maximum Gasteiger partial charge on any atom is 0.327 e. The molecular weight excluding hydrogens is 288 g/mol. The molecule has 1 aromatic rings. The highest BCUT2D eigenvalue weighted by Crippen LogP contribution is 2.08. The van der Waals surface area contributed by atoms with Crippen molar-refractivity contribution in [1.29, 1.82) is 0 Å². The maximum atomic E-state index is 11.7. The minimum atomic E-state index is -1.16. The Kier molecular flexibility index (Phi) is 4.67. The standard InChI is InChI=1S/C11H9BrN2O3/c1-2-3-8(11(16)17)14-10(15)7-4-5-13-9(12)6-7/h1,4-6,8H,3H2,(H,14,15)(H,16,17). The van der Waals surface area contributed by atoms with Crippen molar-refractivity contribution in [2.24, 2.45) is 0 Å². The van der Waals surface area contributed by atoms with E-state index in [4.69, 9.17) is 11.5 Å². The molecule has 0 aliphatic carbocycles. The minimum absolute atomic E-state index is 0.0622. The number of halogens is 1. The van der Waals surface area contributed by atoms with Crippen molar-refractivity contribution >= 4 is 27.8 Å². The van der Waals surface area contributed by atoms with Crippen LogP contribution in [-0.2, 0) is 4.79 Å². The lowest BCUT2D eigenvalue weighted by molar-refractivity contribution is -0.139. The highest BCUT2D eigenvalue weighted by Gasteiger charge is 2.19. The third-order valence-electron chi connectivity index (χ3n) is 1.91. The fourth-order valence-electron chi connectivity index (χ4n) is 1.10. The van der Waals surface area contributed by atoms with Crippen molar-refractivity contribution in [3.63, 3.8) is 0 Å². The first-order valence-corrected chi connectivity index (χ1v) is 5.42. The number of carbonyl (C=O) groups is 2. The number of hydrogen-bond acceptors (Lipinski definition) is 3. The van der Waals surface area contributed by atoms with E-state index in [2.05, 4.69) is 32.2 Å². The Bertz CT molecular complexity index is 482. The molecule has 0 aliphatic heterocycles. The van der Waals surface area contributed by atoms with Crippen LogP contribution in [0.1, 0.15) is 16.8 Å². The molecule has 0 aromatic carbocycles. The topological polar surface area (TPSA) is 79.3 Å². The second-order valence-corrected chi connectivity index (χ2v) is 3.95. The molecule has 1 atom stereocenters. The number of pyridine rings is 1. The number of hydrogen-bond donors (Lipinski definition) is 2. The fourth-order valence-corrected chi connectivity index (χ4v) is 1.47. The van der Waals surface area contributed by atoms with Gasteiger partial charge in [-0.3, -0.25) is 4.79 Å². The normalized spacial score (nSPS) is 11.3. The molecule has 0 saturated heterocycles. The van der Waals surface area contributed by atoms with Crippen LogP contribution < -0.4 is 5.32 Å². The molecule has 1 aromatic heterocycles. The lowest BCUT2D eigenvalue weighted by Gasteiger charge is -2.11. The van der Waals surface area contributed by atoms with E-state index in [1.165, 1.54) is 18.3 Å². The molecule has 0 spiro atoms. The van der Waals surface area contributed by atoms with Gasteiger partial charge < -0.3 is 10.4 Å². The molecule has 1 heterocycles. The molecule has 17 heavy (non-hydrogen) atoms. The van der Waals surface area contributed by atoms with Gasteiger partial charge in [0, 0.05) is 18.2 Å². The number of carboxylic acids is 1. The molecule has 6 heteroatoms. The Morgan fingerprint density at radius 2 is 2.35 bits per heavy atom. The van der Waals surface area contributed by atoms with Gasteiger partial charge in [0.25, 0.3) is 5.91 Å². The van der Waals surface area contributed by atoms with E-state index >= 15 is 0 Å². The van der Waals surface area contributed by atoms with Crippen LogP contribution in [-0.4, -0.2) is 28.0 Å². The lowest BCUT2D eigenvalue weighted by Crippen LogP contribution is -2.40. The Balaban J connectivity index is 2.78. The molecule has 1 unspecified atom stereocenters. The number of aromatic nitrogens is 1. The van der Waals surface area contributed by atoms with Crippen LogP contribution >= 0.6 is 15.9 Å². The third-order valence-corrected chi connectivity index (χ3v) is 2.35. The van der Waals surface area contributed by atoms with Gasteiger partial charge in [0.15, 0.2) is 0 Å². The smallest absolute Gasteiger partial charge is 0.327 e. The molecule has 0 saturated carbocycles. The Labute approximate surface area is 106 Å². The van der Waals surface area contributed by atoms with Crippen LogP contribution in [0.25, 0.3) is 0 Å². The van der Waals surface area contributed by atoms with Crippen LogP contribution in [0.2, 0.25) is 0 Å². The highest BCUT2D eigenvalue weighted by atomic mass is 79.9. The predicted molar refractivity (Wildman–Crippen MR) is 64.3 cm³/mol. The van der Waals surface area contributed by atoms with Crippen LogP contribution in [0.4, 0.5) is 0 Å². The summed E-state index contributed by atoms with van der Waals surface area (Å²) in [7, 11) is 0. The van der Waals surface area contributed by atoms with E-state index in [1.54, 1.807) is 0 Å². The predicted octanol–water partition coefficient (Wildman–Crippen LogP) is 1.05. The second kappa shape index (κ2) is 6.01. The molecule has 1 amide bonds. The fraction of sp³-hybridized carbons (Fsp3) is 0.182. The minimum Gasteiger partial charge on any atom is -0.480 e. The van der Waals surface area contributed by atoms with Crippen LogP contribution in [0.15, 0.2) is 22.9 Å². The van der Waals surface area contributed by atoms with Gasteiger partial charge in [-0.15, -0.1) is 12.3 Å². The number of nitrogens with zero attached hydrogens (tertiary/aromatic N) is 1. The van der Waals surface area contributed by atoms with Gasteiger partial charge in [-0.2, -0.15) is 0 Å². The first kappa shape index (κ1) is 13.2. The molecule has 5 nitrogen and oxygen atoms in total. The summed E-state index contributed by atoms with van der Waals surface area (Å²) in [5.41, 5.74) is 0.315. The zero-order valence-corrected chi connectivity index (χ0v) is 10.3. The number of aliphatic carboxylic acids is 1. The number of carbonyl (C=O) groups excluding carboxylic acids is 1. The summed E-state index contributed by atoms with van der Waals surface area (Å²) in [6, 6.07) is 1.89. The lowest BCUT2D eigenvalue weighted by atomic mass is 10.2. The second-order valence-electron chi connectivity index (χ2n) is 3.14. The zero-order valence-electron chi connectivity index (χ0n) is 8.68. The van der Waals surface area contributed by atoms with Crippen LogP contribution in [0, 0.1) is 12.3 Å². The van der Waals surface area contributed by atoms with Crippen molar-refractivity contribution in [2.45, 2.75) is 12.5 Å². The monoisotopic (exact) mass is 296 g/mol. The van der Waals surface area contributed by atoms with Crippen molar-refractivity contribution < 1.29 is 14.7 Å². The van der Waals surface area contributed by atoms with E-state index in [0.717, 1.165) is 0 Å². The number of terminal acetylenes is 1. The van der Waals surface area contributed by atoms with E-state index in [-0.39, 0.29) is 6.42 Å². The molecule has 0 aliphatic rings. The molecule has 2 N–H and O–H groups in total. The van der Waals surface area contributed by atoms with E-state index in [9.17, 15) is 9.59 Å². The summed E-state index contributed by atoms with van der Waals surface area (Å²) in [4.78, 5) is 26.3. The molecular formula is C11H9BrN2O3. The van der Waals surface area contributed by atoms with Gasteiger partial charge in [0.1, 0.15) is 10.6 Å². The zero-order chi connectivity index (χ0) is 12.8. The quantitative estimate of drug-likeness (QED) is 0.643. The largest absolute Gasteiger partial charge is 0.480 e. The SMILES string of the molecule is C#CCC(NC(=O)c1ccnc(Br)c1)C(=O)O. The molecule has 0 fully saturated rings. The summed E-state index contributed by atoms with van der Waals surface area (Å²) in [6.45, 7) is 0. The third kappa shape index (κ3) is 3.89. The number of rotatable bonds is 4. The molecule has 0 bridgehead atoms. The van der Waals surface area contributed by atoms with Gasteiger partial charge >= 0.3 is 5.97 Å². The van der Waals surface area contributed by atoms with Crippen LogP contribution in [0.3, 0.4) is 0 Å². The molecule has 88 valence electrons. The van der Waals surface area contributed by atoms with E-state index in [1.807, 2.05) is 0 Å².